The van der Waals surface area contributed by atoms with Gasteiger partial charge in [-0.1, -0.05) is 20.8 Å². The van der Waals surface area contributed by atoms with Gasteiger partial charge in [-0.3, -0.25) is 0 Å². The summed E-state index contributed by atoms with van der Waals surface area (Å²) in [6.45, 7) is 16.4. The van der Waals surface area contributed by atoms with E-state index in [1.165, 1.54) is 32.5 Å². The van der Waals surface area contributed by atoms with E-state index in [2.05, 4.69) is 44.8 Å². The molecule has 0 spiro atoms. The zero-order valence-corrected chi connectivity index (χ0v) is 11.2. The quantitative estimate of drug-likeness (QED) is 0.753. The third-order valence-electron chi connectivity index (χ3n) is 3.67. The third kappa shape index (κ3) is 4.52. The van der Waals surface area contributed by atoms with Crippen molar-refractivity contribution in [1.82, 2.24) is 10.2 Å². The summed E-state index contributed by atoms with van der Waals surface area (Å²) in [5.41, 5.74) is 0.843. The average Bonchev–Trinajstić information content (AvgIpc) is 2.45. The molecule has 0 radical (unpaired) electrons. The lowest BCUT2D eigenvalue weighted by molar-refractivity contribution is 0.272. The molecule has 0 atom stereocenters. The topological polar surface area (TPSA) is 15.3 Å². The van der Waals surface area contributed by atoms with Crippen LogP contribution in [0.1, 0.15) is 47.5 Å². The number of nitrogens with one attached hydrogen (secondary N) is 1. The summed E-state index contributed by atoms with van der Waals surface area (Å²) in [4.78, 5) is 2.58. The molecule has 1 fully saturated rings. The van der Waals surface area contributed by atoms with Crippen molar-refractivity contribution in [2.75, 3.05) is 26.2 Å². The summed E-state index contributed by atoms with van der Waals surface area (Å²) in [7, 11) is 0. The Morgan fingerprint density at radius 1 is 1.33 bits per heavy atom. The maximum absolute atomic E-state index is 3.62. The van der Waals surface area contributed by atoms with Gasteiger partial charge in [0.15, 0.2) is 0 Å². The minimum atomic E-state index is 0.301. The standard InChI is InChI=1S/C13H28N2/c1-6-13(4,5)14-8-10-15-9-7-12(2,3)11-15/h14H,6-11H2,1-5H3. The average molecular weight is 212 g/mol. The largest absolute Gasteiger partial charge is 0.311 e. The molecule has 15 heavy (non-hydrogen) atoms. The fourth-order valence-corrected chi connectivity index (χ4v) is 2.09. The van der Waals surface area contributed by atoms with Gasteiger partial charge in [-0.25, -0.2) is 0 Å². The molecule has 0 aromatic heterocycles. The second-order valence-corrected chi connectivity index (χ2v) is 6.35. The minimum Gasteiger partial charge on any atom is -0.311 e. The molecule has 0 bridgehead atoms. The zero-order valence-electron chi connectivity index (χ0n) is 11.2. The number of likely N-dealkylation sites (tertiary alicyclic amines) is 1. The first-order valence-electron chi connectivity index (χ1n) is 6.32. The summed E-state index contributed by atoms with van der Waals surface area (Å²) in [6.07, 6.45) is 2.54. The monoisotopic (exact) mass is 212 g/mol. The van der Waals surface area contributed by atoms with Gasteiger partial charge in [0, 0.05) is 25.2 Å². The molecule has 1 saturated heterocycles. The molecule has 0 amide bonds. The second-order valence-electron chi connectivity index (χ2n) is 6.35. The Hall–Kier alpha value is -0.0800. The molecule has 1 N–H and O–H groups in total. The van der Waals surface area contributed by atoms with Crippen molar-refractivity contribution >= 4 is 0 Å². The molecule has 90 valence electrons. The highest BCUT2D eigenvalue weighted by Gasteiger charge is 2.28. The van der Waals surface area contributed by atoms with Gasteiger partial charge in [0.2, 0.25) is 0 Å². The SMILES string of the molecule is CCC(C)(C)NCCN1CCC(C)(C)C1. The van der Waals surface area contributed by atoms with Crippen LogP contribution in [0, 0.1) is 5.41 Å². The molecule has 2 nitrogen and oxygen atoms in total. The van der Waals surface area contributed by atoms with Crippen LogP contribution >= 0.6 is 0 Å². The molecule has 0 aromatic rings. The number of nitrogens with zero attached hydrogens (tertiary/aromatic N) is 1. The molecule has 0 unspecified atom stereocenters. The molecule has 2 heteroatoms. The summed E-state index contributed by atoms with van der Waals surface area (Å²) in [5, 5.41) is 3.62. The van der Waals surface area contributed by atoms with Crippen LogP contribution in [-0.4, -0.2) is 36.6 Å². The molecule has 0 aliphatic carbocycles. The van der Waals surface area contributed by atoms with Gasteiger partial charge < -0.3 is 10.2 Å². The van der Waals surface area contributed by atoms with Gasteiger partial charge >= 0.3 is 0 Å². The Kier molecular flexibility index (Phi) is 4.19. The zero-order chi connectivity index (χ0) is 11.5. The minimum absolute atomic E-state index is 0.301. The van der Waals surface area contributed by atoms with Gasteiger partial charge in [0.25, 0.3) is 0 Å². The van der Waals surface area contributed by atoms with Crippen LogP contribution in [0.4, 0.5) is 0 Å². The van der Waals surface area contributed by atoms with Gasteiger partial charge in [-0.05, 0) is 38.6 Å². The van der Waals surface area contributed by atoms with E-state index in [0.29, 0.717) is 11.0 Å². The van der Waals surface area contributed by atoms with E-state index in [0.717, 1.165) is 6.54 Å². The van der Waals surface area contributed by atoms with Gasteiger partial charge in [-0.15, -0.1) is 0 Å². The van der Waals surface area contributed by atoms with E-state index in [1.54, 1.807) is 0 Å². The lowest BCUT2D eigenvalue weighted by Crippen LogP contribution is -2.42. The van der Waals surface area contributed by atoms with Crippen LogP contribution in [-0.2, 0) is 0 Å². The van der Waals surface area contributed by atoms with E-state index < -0.39 is 0 Å². The fraction of sp³-hybridized carbons (Fsp3) is 1.00. The lowest BCUT2D eigenvalue weighted by atomic mass is 9.93. The molecule has 0 aromatic carbocycles. The Bertz CT molecular complexity index is 197. The molecule has 1 rings (SSSR count). The first-order valence-corrected chi connectivity index (χ1v) is 6.32. The van der Waals surface area contributed by atoms with Crippen LogP contribution < -0.4 is 5.32 Å². The normalized spacial score (nSPS) is 22.2. The van der Waals surface area contributed by atoms with E-state index in [1.807, 2.05) is 0 Å². The number of hydrogen-bond acceptors (Lipinski definition) is 2. The van der Waals surface area contributed by atoms with Crippen molar-refractivity contribution in [2.45, 2.75) is 53.0 Å². The Labute approximate surface area is 95.4 Å². The van der Waals surface area contributed by atoms with Crippen LogP contribution in [0.15, 0.2) is 0 Å². The van der Waals surface area contributed by atoms with E-state index in [9.17, 15) is 0 Å². The maximum atomic E-state index is 3.62. The molecule has 1 heterocycles. The van der Waals surface area contributed by atoms with Crippen LogP contribution in [0.25, 0.3) is 0 Å². The molecule has 1 aliphatic heterocycles. The van der Waals surface area contributed by atoms with Crippen LogP contribution in [0.2, 0.25) is 0 Å². The van der Waals surface area contributed by atoms with Crippen molar-refractivity contribution in [3.8, 4) is 0 Å². The Morgan fingerprint density at radius 3 is 2.47 bits per heavy atom. The second kappa shape index (κ2) is 4.84. The van der Waals surface area contributed by atoms with Gasteiger partial charge in [0.1, 0.15) is 0 Å². The Balaban J connectivity index is 2.17. The van der Waals surface area contributed by atoms with Crippen molar-refractivity contribution in [3.63, 3.8) is 0 Å². The fourth-order valence-electron chi connectivity index (χ4n) is 2.09. The first kappa shape index (κ1) is 13.0. The lowest BCUT2D eigenvalue weighted by Gasteiger charge is -2.26. The summed E-state index contributed by atoms with van der Waals surface area (Å²) in [5.74, 6) is 0. The van der Waals surface area contributed by atoms with E-state index >= 15 is 0 Å². The van der Waals surface area contributed by atoms with Gasteiger partial charge in [0.05, 0.1) is 0 Å². The summed E-state index contributed by atoms with van der Waals surface area (Å²) < 4.78 is 0. The highest BCUT2D eigenvalue weighted by atomic mass is 15.2. The number of hydrogen-bond donors (Lipinski definition) is 1. The van der Waals surface area contributed by atoms with Crippen molar-refractivity contribution in [1.29, 1.82) is 0 Å². The van der Waals surface area contributed by atoms with Gasteiger partial charge in [-0.2, -0.15) is 0 Å². The molecule has 1 aliphatic rings. The van der Waals surface area contributed by atoms with Crippen molar-refractivity contribution in [3.05, 3.63) is 0 Å². The predicted molar refractivity (Wildman–Crippen MR) is 67.2 cm³/mol. The molecule has 0 saturated carbocycles. The molecular formula is C13H28N2. The highest BCUT2D eigenvalue weighted by Crippen LogP contribution is 2.28. The summed E-state index contributed by atoms with van der Waals surface area (Å²) in [6, 6.07) is 0. The third-order valence-corrected chi connectivity index (χ3v) is 3.67. The number of rotatable bonds is 5. The molecular weight excluding hydrogens is 184 g/mol. The first-order chi connectivity index (χ1) is 6.85. The van der Waals surface area contributed by atoms with Crippen molar-refractivity contribution in [2.24, 2.45) is 5.41 Å². The highest BCUT2D eigenvalue weighted by molar-refractivity contribution is 4.83. The van der Waals surface area contributed by atoms with E-state index in [4.69, 9.17) is 0 Å². The van der Waals surface area contributed by atoms with Crippen LogP contribution in [0.3, 0.4) is 0 Å². The predicted octanol–water partition coefficient (Wildman–Crippen LogP) is 2.50. The van der Waals surface area contributed by atoms with Crippen molar-refractivity contribution < 1.29 is 0 Å². The van der Waals surface area contributed by atoms with E-state index in [-0.39, 0.29) is 0 Å². The Morgan fingerprint density at radius 2 is 2.00 bits per heavy atom. The summed E-state index contributed by atoms with van der Waals surface area (Å²) >= 11 is 0. The smallest absolute Gasteiger partial charge is 0.0123 e. The van der Waals surface area contributed by atoms with Crippen LogP contribution in [0.5, 0.6) is 0 Å². The maximum Gasteiger partial charge on any atom is 0.0123 e.